The van der Waals surface area contributed by atoms with Gasteiger partial charge in [0, 0.05) is 5.57 Å². The van der Waals surface area contributed by atoms with Crippen LogP contribution in [0.5, 0.6) is 0 Å². The van der Waals surface area contributed by atoms with Gasteiger partial charge in [-0.25, -0.2) is 4.79 Å². The molecular formula is C15H20O2. The molecule has 0 fully saturated rings. The molecular weight excluding hydrogens is 212 g/mol. The van der Waals surface area contributed by atoms with Crippen LogP contribution in [0.3, 0.4) is 0 Å². The van der Waals surface area contributed by atoms with Crippen LogP contribution in [0.2, 0.25) is 0 Å². The third kappa shape index (κ3) is 6.36. The van der Waals surface area contributed by atoms with Gasteiger partial charge in [0.25, 0.3) is 0 Å². The van der Waals surface area contributed by atoms with E-state index < -0.39 is 0 Å². The molecule has 0 aliphatic heterocycles. The Balaban J connectivity index is 0.000000304. The van der Waals surface area contributed by atoms with Crippen molar-refractivity contribution in [3.8, 4) is 0 Å². The van der Waals surface area contributed by atoms with E-state index in [0.717, 1.165) is 0 Å². The van der Waals surface area contributed by atoms with Crippen molar-refractivity contribution < 1.29 is 9.53 Å². The summed E-state index contributed by atoms with van der Waals surface area (Å²) in [4.78, 5) is 10.4. The van der Waals surface area contributed by atoms with Gasteiger partial charge in [0.1, 0.15) is 0 Å². The Kier molecular flexibility index (Phi) is 7.44. The minimum absolute atomic E-state index is 0.312. The van der Waals surface area contributed by atoms with Crippen molar-refractivity contribution in [1.29, 1.82) is 0 Å². The van der Waals surface area contributed by atoms with E-state index in [0.29, 0.717) is 12.2 Å². The molecule has 0 spiro atoms. The zero-order valence-corrected chi connectivity index (χ0v) is 10.8. The van der Waals surface area contributed by atoms with Crippen LogP contribution in [0.1, 0.15) is 25.0 Å². The maximum absolute atomic E-state index is 10.4. The number of rotatable bonds is 3. The quantitative estimate of drug-likeness (QED) is 0.586. The summed E-state index contributed by atoms with van der Waals surface area (Å²) in [7, 11) is 0. The van der Waals surface area contributed by atoms with Gasteiger partial charge >= 0.3 is 5.97 Å². The Labute approximate surface area is 104 Å². The molecule has 0 amide bonds. The van der Waals surface area contributed by atoms with Crippen LogP contribution in [0.4, 0.5) is 0 Å². The van der Waals surface area contributed by atoms with Crippen molar-refractivity contribution in [2.24, 2.45) is 0 Å². The number of benzene rings is 1. The molecule has 0 radical (unpaired) electrons. The lowest BCUT2D eigenvalue weighted by atomic mass is 10.1. The van der Waals surface area contributed by atoms with Crippen LogP contribution in [0, 0.1) is 6.92 Å². The minimum Gasteiger partial charge on any atom is -0.463 e. The third-order valence-electron chi connectivity index (χ3n) is 2.03. The Morgan fingerprint density at radius 3 is 2.29 bits per heavy atom. The molecule has 2 nitrogen and oxygen atoms in total. The number of aryl methyl sites for hydroxylation is 1. The summed E-state index contributed by atoms with van der Waals surface area (Å²) in [6.07, 6.45) is 1.87. The Bertz CT molecular complexity index is 392. The van der Waals surface area contributed by atoms with E-state index in [1.54, 1.807) is 13.8 Å². The van der Waals surface area contributed by atoms with E-state index in [4.69, 9.17) is 0 Å². The van der Waals surface area contributed by atoms with Gasteiger partial charge in [-0.1, -0.05) is 43.5 Å². The van der Waals surface area contributed by atoms with Crippen LogP contribution in [0.25, 0.3) is 6.08 Å². The summed E-state index contributed by atoms with van der Waals surface area (Å²) in [5.41, 5.74) is 2.96. The summed E-state index contributed by atoms with van der Waals surface area (Å²) < 4.78 is 4.56. The van der Waals surface area contributed by atoms with Gasteiger partial charge in [0.05, 0.1) is 6.61 Å². The Hall–Kier alpha value is -1.83. The number of esters is 1. The molecule has 0 heterocycles. The molecule has 0 aliphatic rings. The fourth-order valence-electron chi connectivity index (χ4n) is 1.07. The van der Waals surface area contributed by atoms with Gasteiger partial charge in [0.2, 0.25) is 0 Å². The predicted octanol–water partition coefficient (Wildman–Crippen LogP) is 3.76. The Morgan fingerprint density at radius 2 is 2.00 bits per heavy atom. The van der Waals surface area contributed by atoms with Crippen LogP contribution >= 0.6 is 0 Å². The van der Waals surface area contributed by atoms with Crippen LogP contribution in [0.15, 0.2) is 43.0 Å². The van der Waals surface area contributed by atoms with E-state index in [2.05, 4.69) is 37.0 Å². The number of carbonyl (C=O) groups is 1. The second-order valence-corrected chi connectivity index (χ2v) is 3.56. The van der Waals surface area contributed by atoms with E-state index in [9.17, 15) is 4.79 Å². The zero-order valence-electron chi connectivity index (χ0n) is 10.8. The molecule has 0 saturated heterocycles. The number of hydrogen-bond donors (Lipinski definition) is 0. The van der Waals surface area contributed by atoms with Gasteiger partial charge < -0.3 is 4.74 Å². The molecule has 0 saturated carbocycles. The SMILES string of the molecule is C=C(C)C(=O)OCC.C=Cc1ccccc1C. The lowest BCUT2D eigenvalue weighted by Crippen LogP contribution is -2.03. The summed E-state index contributed by atoms with van der Waals surface area (Å²) in [5.74, 6) is -0.312. The molecule has 0 aliphatic carbocycles. The highest BCUT2D eigenvalue weighted by molar-refractivity contribution is 5.86. The van der Waals surface area contributed by atoms with Crippen LogP contribution in [-0.2, 0) is 9.53 Å². The van der Waals surface area contributed by atoms with Crippen molar-refractivity contribution in [2.45, 2.75) is 20.8 Å². The second-order valence-electron chi connectivity index (χ2n) is 3.56. The zero-order chi connectivity index (χ0) is 13.3. The van der Waals surface area contributed by atoms with E-state index >= 15 is 0 Å². The van der Waals surface area contributed by atoms with Gasteiger partial charge in [0.15, 0.2) is 0 Å². The van der Waals surface area contributed by atoms with Crippen molar-refractivity contribution in [2.75, 3.05) is 6.61 Å². The summed E-state index contributed by atoms with van der Waals surface area (Å²) in [6, 6.07) is 8.19. The molecule has 17 heavy (non-hydrogen) atoms. The number of ether oxygens (including phenoxy) is 1. The fraction of sp³-hybridized carbons (Fsp3) is 0.267. The molecule has 0 atom stereocenters. The summed E-state index contributed by atoms with van der Waals surface area (Å²) in [5, 5.41) is 0. The first-order valence-electron chi connectivity index (χ1n) is 5.53. The average Bonchev–Trinajstić information content (AvgIpc) is 2.31. The van der Waals surface area contributed by atoms with Crippen LogP contribution < -0.4 is 0 Å². The van der Waals surface area contributed by atoms with Crippen molar-refractivity contribution in [1.82, 2.24) is 0 Å². The molecule has 1 aromatic carbocycles. The largest absolute Gasteiger partial charge is 0.463 e. The van der Waals surface area contributed by atoms with Gasteiger partial charge in [-0.2, -0.15) is 0 Å². The highest BCUT2D eigenvalue weighted by Gasteiger charge is 1.98. The maximum atomic E-state index is 10.4. The van der Waals surface area contributed by atoms with Crippen molar-refractivity contribution >= 4 is 12.0 Å². The van der Waals surface area contributed by atoms with E-state index in [1.165, 1.54) is 11.1 Å². The molecule has 1 rings (SSSR count). The van der Waals surface area contributed by atoms with Crippen LogP contribution in [-0.4, -0.2) is 12.6 Å². The molecule has 92 valence electrons. The van der Waals surface area contributed by atoms with Crippen molar-refractivity contribution in [3.63, 3.8) is 0 Å². The highest BCUT2D eigenvalue weighted by atomic mass is 16.5. The van der Waals surface area contributed by atoms with E-state index in [1.807, 2.05) is 18.2 Å². The number of hydrogen-bond acceptors (Lipinski definition) is 2. The monoisotopic (exact) mass is 232 g/mol. The summed E-state index contributed by atoms with van der Waals surface area (Å²) in [6.45, 7) is 13.0. The van der Waals surface area contributed by atoms with Gasteiger partial charge in [-0.15, -0.1) is 0 Å². The molecule has 0 aromatic heterocycles. The standard InChI is InChI=1S/C9H10.C6H10O2/c1-3-9-7-5-4-6-8(9)2;1-4-8-6(7)5(2)3/h3-7H,1H2,2H3;2,4H2,1,3H3. The summed E-state index contributed by atoms with van der Waals surface area (Å²) >= 11 is 0. The second kappa shape index (κ2) is 8.34. The van der Waals surface area contributed by atoms with Gasteiger partial charge in [-0.05, 0) is 31.9 Å². The molecule has 0 bridgehead atoms. The predicted molar refractivity (Wildman–Crippen MR) is 72.7 cm³/mol. The molecule has 2 heteroatoms. The fourth-order valence-corrected chi connectivity index (χ4v) is 1.07. The first-order valence-corrected chi connectivity index (χ1v) is 5.53. The first kappa shape index (κ1) is 15.2. The maximum Gasteiger partial charge on any atom is 0.333 e. The van der Waals surface area contributed by atoms with E-state index in [-0.39, 0.29) is 5.97 Å². The highest BCUT2D eigenvalue weighted by Crippen LogP contribution is 2.06. The Morgan fingerprint density at radius 1 is 1.41 bits per heavy atom. The lowest BCUT2D eigenvalue weighted by molar-refractivity contribution is -0.138. The topological polar surface area (TPSA) is 26.3 Å². The first-order chi connectivity index (χ1) is 8.02. The minimum atomic E-state index is -0.312. The van der Waals surface area contributed by atoms with Crippen molar-refractivity contribution in [3.05, 3.63) is 54.1 Å². The number of carbonyl (C=O) groups excluding carboxylic acids is 1. The smallest absolute Gasteiger partial charge is 0.333 e. The normalized spacial score (nSPS) is 8.65. The average molecular weight is 232 g/mol. The third-order valence-corrected chi connectivity index (χ3v) is 2.03. The van der Waals surface area contributed by atoms with Gasteiger partial charge in [-0.3, -0.25) is 0 Å². The lowest BCUT2D eigenvalue weighted by Gasteiger charge is -1.96. The molecule has 0 unspecified atom stereocenters. The molecule has 0 N–H and O–H groups in total. The molecule has 1 aromatic rings.